The highest BCUT2D eigenvalue weighted by Gasteiger charge is 2.23. The van der Waals surface area contributed by atoms with Crippen LogP contribution in [0.1, 0.15) is 20.3 Å². The molecule has 4 N–H and O–H groups in total. The molecule has 0 aromatic heterocycles. The molecule has 0 aliphatic heterocycles. The zero-order chi connectivity index (χ0) is 13.8. The van der Waals surface area contributed by atoms with Crippen LogP contribution >= 0.6 is 23.2 Å². The van der Waals surface area contributed by atoms with Crippen LogP contribution in [0, 0.1) is 5.41 Å². The molecular formula is C12H17Cl2N3O. The van der Waals surface area contributed by atoms with Gasteiger partial charge in [-0.2, -0.15) is 0 Å². The van der Waals surface area contributed by atoms with E-state index in [1.165, 1.54) is 0 Å². The van der Waals surface area contributed by atoms with Gasteiger partial charge in [-0.1, -0.05) is 48.3 Å². The first-order valence-corrected chi connectivity index (χ1v) is 6.30. The molecule has 1 aromatic rings. The number of hydrogen-bond acceptors (Lipinski definition) is 3. The number of nitrogens with two attached hydrogens (primary N) is 1. The maximum atomic E-state index is 8.68. The van der Waals surface area contributed by atoms with Crippen molar-refractivity contribution in [3.05, 3.63) is 28.2 Å². The SMILES string of the molecule is CC(C)(CCNc1c(Cl)cccc1Cl)C(N)=NO. The minimum atomic E-state index is -0.393. The minimum absolute atomic E-state index is 0.203. The number of para-hydroxylation sites is 1. The molecule has 100 valence electrons. The third-order valence-corrected chi connectivity index (χ3v) is 3.45. The minimum Gasteiger partial charge on any atom is -0.409 e. The van der Waals surface area contributed by atoms with Crippen molar-refractivity contribution in [1.29, 1.82) is 0 Å². The van der Waals surface area contributed by atoms with Crippen molar-refractivity contribution in [2.45, 2.75) is 20.3 Å². The molecule has 0 heterocycles. The van der Waals surface area contributed by atoms with E-state index >= 15 is 0 Å². The van der Waals surface area contributed by atoms with Crippen LogP contribution < -0.4 is 11.1 Å². The van der Waals surface area contributed by atoms with Crippen LogP contribution in [-0.4, -0.2) is 17.6 Å². The number of halogens is 2. The van der Waals surface area contributed by atoms with E-state index in [1.54, 1.807) is 18.2 Å². The summed E-state index contributed by atoms with van der Waals surface area (Å²) in [6.45, 7) is 4.42. The van der Waals surface area contributed by atoms with Gasteiger partial charge in [0.05, 0.1) is 15.7 Å². The zero-order valence-corrected chi connectivity index (χ0v) is 11.9. The fourth-order valence-electron chi connectivity index (χ4n) is 1.43. The van der Waals surface area contributed by atoms with Crippen molar-refractivity contribution in [3.63, 3.8) is 0 Å². The Balaban J connectivity index is 2.62. The highest BCUT2D eigenvalue weighted by atomic mass is 35.5. The fraction of sp³-hybridized carbons (Fsp3) is 0.417. The molecule has 0 aliphatic carbocycles. The van der Waals surface area contributed by atoms with E-state index in [2.05, 4.69) is 10.5 Å². The summed E-state index contributed by atoms with van der Waals surface area (Å²) in [5.74, 6) is 0.203. The Morgan fingerprint density at radius 3 is 2.44 bits per heavy atom. The van der Waals surface area contributed by atoms with Crippen LogP contribution in [0.4, 0.5) is 5.69 Å². The van der Waals surface area contributed by atoms with Crippen LogP contribution in [0.15, 0.2) is 23.4 Å². The first kappa shape index (κ1) is 14.9. The van der Waals surface area contributed by atoms with Gasteiger partial charge in [0.25, 0.3) is 0 Å². The summed E-state index contributed by atoms with van der Waals surface area (Å²) in [6, 6.07) is 5.32. The Hall–Kier alpha value is -1.13. The van der Waals surface area contributed by atoms with Gasteiger partial charge in [0.15, 0.2) is 0 Å². The lowest BCUT2D eigenvalue weighted by atomic mass is 9.88. The summed E-state index contributed by atoms with van der Waals surface area (Å²) in [7, 11) is 0. The Bertz CT molecular complexity index is 427. The average Bonchev–Trinajstić information content (AvgIpc) is 2.31. The Labute approximate surface area is 117 Å². The second-order valence-corrected chi connectivity index (χ2v) is 5.46. The Kier molecular flexibility index (Phi) is 5.11. The van der Waals surface area contributed by atoms with Crippen molar-refractivity contribution in [2.75, 3.05) is 11.9 Å². The van der Waals surface area contributed by atoms with Gasteiger partial charge < -0.3 is 16.3 Å². The molecular weight excluding hydrogens is 273 g/mol. The van der Waals surface area contributed by atoms with Gasteiger partial charge in [-0.15, -0.1) is 0 Å². The maximum Gasteiger partial charge on any atom is 0.144 e. The fourth-order valence-corrected chi connectivity index (χ4v) is 1.96. The third kappa shape index (κ3) is 3.68. The van der Waals surface area contributed by atoms with E-state index in [0.29, 0.717) is 28.7 Å². The van der Waals surface area contributed by atoms with Crippen LogP contribution in [0.5, 0.6) is 0 Å². The molecule has 0 spiro atoms. The van der Waals surface area contributed by atoms with Crippen molar-refractivity contribution in [3.8, 4) is 0 Å². The maximum absolute atomic E-state index is 8.68. The van der Waals surface area contributed by atoms with E-state index in [4.69, 9.17) is 34.1 Å². The van der Waals surface area contributed by atoms with Crippen LogP contribution in [0.2, 0.25) is 10.0 Å². The van der Waals surface area contributed by atoms with Crippen molar-refractivity contribution in [1.82, 2.24) is 0 Å². The second-order valence-electron chi connectivity index (χ2n) is 4.64. The topological polar surface area (TPSA) is 70.6 Å². The first-order valence-electron chi connectivity index (χ1n) is 5.54. The molecule has 4 nitrogen and oxygen atoms in total. The number of rotatable bonds is 5. The van der Waals surface area contributed by atoms with Crippen molar-refractivity contribution in [2.24, 2.45) is 16.3 Å². The average molecular weight is 290 g/mol. The summed E-state index contributed by atoms with van der Waals surface area (Å²) in [5, 5.41) is 16.0. The van der Waals surface area contributed by atoms with E-state index < -0.39 is 5.41 Å². The molecule has 0 saturated heterocycles. The van der Waals surface area contributed by atoms with E-state index in [-0.39, 0.29) is 5.84 Å². The highest BCUT2D eigenvalue weighted by molar-refractivity contribution is 6.39. The molecule has 0 aliphatic rings. The summed E-state index contributed by atoms with van der Waals surface area (Å²) < 4.78 is 0. The van der Waals surface area contributed by atoms with Gasteiger partial charge in [-0.25, -0.2) is 0 Å². The number of benzene rings is 1. The van der Waals surface area contributed by atoms with E-state index in [9.17, 15) is 0 Å². The summed E-state index contributed by atoms with van der Waals surface area (Å²) in [5.41, 5.74) is 5.92. The third-order valence-electron chi connectivity index (χ3n) is 2.82. The molecule has 6 heteroatoms. The smallest absolute Gasteiger partial charge is 0.144 e. The lowest BCUT2D eigenvalue weighted by molar-refractivity contribution is 0.306. The molecule has 18 heavy (non-hydrogen) atoms. The Morgan fingerprint density at radius 2 is 1.94 bits per heavy atom. The monoisotopic (exact) mass is 289 g/mol. The first-order chi connectivity index (χ1) is 8.38. The lowest BCUT2D eigenvalue weighted by Crippen LogP contribution is -2.33. The normalized spacial score (nSPS) is 12.6. The van der Waals surface area contributed by atoms with Crippen molar-refractivity contribution < 1.29 is 5.21 Å². The number of oxime groups is 1. The Morgan fingerprint density at radius 1 is 1.39 bits per heavy atom. The lowest BCUT2D eigenvalue weighted by Gasteiger charge is -2.23. The molecule has 0 amide bonds. The number of hydrogen-bond donors (Lipinski definition) is 3. The van der Waals surface area contributed by atoms with E-state index in [1.807, 2.05) is 13.8 Å². The molecule has 0 unspecified atom stereocenters. The van der Waals surface area contributed by atoms with Gasteiger partial charge >= 0.3 is 0 Å². The van der Waals surface area contributed by atoms with Gasteiger partial charge in [0.2, 0.25) is 0 Å². The van der Waals surface area contributed by atoms with Gasteiger partial charge in [-0.3, -0.25) is 0 Å². The number of amidine groups is 1. The van der Waals surface area contributed by atoms with Crippen LogP contribution in [0.3, 0.4) is 0 Å². The number of nitrogens with zero attached hydrogens (tertiary/aromatic N) is 1. The molecule has 0 fully saturated rings. The summed E-state index contributed by atoms with van der Waals surface area (Å²) >= 11 is 12.1. The standard InChI is InChI=1S/C12H17Cl2N3O/c1-12(2,11(15)17-18)6-7-16-10-8(13)4-3-5-9(10)14/h3-5,16,18H,6-7H2,1-2H3,(H2,15,17). The molecule has 0 atom stereocenters. The summed E-state index contributed by atoms with van der Waals surface area (Å²) in [6.07, 6.45) is 0.685. The largest absolute Gasteiger partial charge is 0.409 e. The molecule has 0 radical (unpaired) electrons. The second kappa shape index (κ2) is 6.16. The number of anilines is 1. The molecule has 0 bridgehead atoms. The highest BCUT2D eigenvalue weighted by Crippen LogP contribution is 2.30. The van der Waals surface area contributed by atoms with Gasteiger partial charge in [0.1, 0.15) is 5.84 Å². The molecule has 0 saturated carbocycles. The molecule has 1 rings (SSSR count). The molecule has 1 aromatic carbocycles. The quantitative estimate of drug-likeness (QED) is 0.336. The predicted molar refractivity (Wildman–Crippen MR) is 76.8 cm³/mol. The zero-order valence-electron chi connectivity index (χ0n) is 10.4. The van der Waals surface area contributed by atoms with Gasteiger partial charge in [0, 0.05) is 12.0 Å². The van der Waals surface area contributed by atoms with Crippen LogP contribution in [-0.2, 0) is 0 Å². The van der Waals surface area contributed by atoms with Crippen molar-refractivity contribution >= 4 is 34.7 Å². The predicted octanol–water partition coefficient (Wildman–Crippen LogP) is 3.57. The van der Waals surface area contributed by atoms with Gasteiger partial charge in [-0.05, 0) is 18.6 Å². The number of nitrogens with one attached hydrogen (secondary N) is 1. The summed E-state index contributed by atoms with van der Waals surface area (Å²) in [4.78, 5) is 0. The van der Waals surface area contributed by atoms with Crippen LogP contribution in [0.25, 0.3) is 0 Å². The van der Waals surface area contributed by atoms with E-state index in [0.717, 1.165) is 0 Å².